The number of likely N-dealkylation sites (N-methyl/N-ethyl adjacent to an activating group) is 1. The van der Waals surface area contributed by atoms with Gasteiger partial charge in [-0.1, -0.05) is 13.8 Å². The van der Waals surface area contributed by atoms with E-state index >= 15 is 0 Å². The average molecular weight is 297 g/mol. The Hall–Kier alpha value is -1.79. The number of likely N-dealkylation sites (tertiary alicyclic amines) is 1. The summed E-state index contributed by atoms with van der Waals surface area (Å²) in [5, 5.41) is 9.16. The second-order valence-corrected chi connectivity index (χ2v) is 6.40. The predicted octanol–water partition coefficient (Wildman–Crippen LogP) is 0.486. The highest BCUT2D eigenvalue weighted by molar-refractivity contribution is 5.92. The summed E-state index contributed by atoms with van der Waals surface area (Å²) in [5.74, 6) is -0.840. The summed E-state index contributed by atoms with van der Waals surface area (Å²) in [7, 11) is 1.39. The minimum absolute atomic E-state index is 0.0171. The Morgan fingerprint density at radius 1 is 1.29 bits per heavy atom. The molecule has 0 aromatic heterocycles. The molecule has 0 aromatic rings. The van der Waals surface area contributed by atoms with Crippen molar-refractivity contribution in [1.29, 1.82) is 0 Å². The lowest BCUT2D eigenvalue weighted by atomic mass is 9.95. The second kappa shape index (κ2) is 5.54. The van der Waals surface area contributed by atoms with E-state index in [0.717, 1.165) is 24.2 Å². The molecular formula is C14H23N3O4. The zero-order valence-corrected chi connectivity index (χ0v) is 12.7. The van der Waals surface area contributed by atoms with Gasteiger partial charge in [0.15, 0.2) is 0 Å². The lowest BCUT2D eigenvalue weighted by Gasteiger charge is -2.38. The van der Waals surface area contributed by atoms with Crippen LogP contribution in [0.15, 0.2) is 0 Å². The van der Waals surface area contributed by atoms with Crippen LogP contribution in [0.4, 0.5) is 4.79 Å². The van der Waals surface area contributed by atoms with Gasteiger partial charge in [0, 0.05) is 13.1 Å². The van der Waals surface area contributed by atoms with Crippen LogP contribution in [0.1, 0.15) is 33.1 Å². The number of amides is 3. The van der Waals surface area contributed by atoms with Gasteiger partial charge in [-0.2, -0.15) is 0 Å². The van der Waals surface area contributed by atoms with Gasteiger partial charge in [-0.25, -0.2) is 4.79 Å². The fraction of sp³-hybridized carbons (Fsp3) is 0.786. The fourth-order valence-electron chi connectivity index (χ4n) is 3.84. The number of fused-ring (bicyclic) bond motifs is 2. The Balaban J connectivity index is 2.28. The van der Waals surface area contributed by atoms with Crippen molar-refractivity contribution in [2.75, 3.05) is 7.05 Å². The molecule has 3 N–H and O–H groups in total. The largest absolute Gasteiger partial charge is 0.465 e. The number of rotatable bonds is 4. The van der Waals surface area contributed by atoms with E-state index < -0.39 is 24.1 Å². The van der Waals surface area contributed by atoms with Crippen molar-refractivity contribution < 1.29 is 19.5 Å². The third kappa shape index (κ3) is 2.56. The van der Waals surface area contributed by atoms with Gasteiger partial charge in [-0.3, -0.25) is 14.5 Å². The zero-order chi connectivity index (χ0) is 15.9. The third-order valence-corrected chi connectivity index (χ3v) is 4.73. The first kappa shape index (κ1) is 15.6. The molecular weight excluding hydrogens is 274 g/mol. The van der Waals surface area contributed by atoms with Crippen molar-refractivity contribution in [2.45, 2.75) is 51.2 Å². The van der Waals surface area contributed by atoms with E-state index in [1.54, 1.807) is 18.7 Å². The number of carboxylic acid groups (broad SMARTS) is 1. The molecule has 7 nitrogen and oxygen atoms in total. The Morgan fingerprint density at radius 2 is 1.90 bits per heavy atom. The van der Waals surface area contributed by atoms with Crippen LogP contribution in [0.25, 0.3) is 0 Å². The van der Waals surface area contributed by atoms with E-state index in [1.165, 1.54) is 7.05 Å². The van der Waals surface area contributed by atoms with Crippen LogP contribution in [0.5, 0.6) is 0 Å². The summed E-state index contributed by atoms with van der Waals surface area (Å²) in [6.45, 7) is 3.60. The third-order valence-electron chi connectivity index (χ3n) is 4.73. The topological polar surface area (TPSA) is 104 Å². The fourth-order valence-corrected chi connectivity index (χ4v) is 3.84. The monoisotopic (exact) mass is 297 g/mol. The number of carbonyl (C=O) groups is 3. The first-order valence-electron chi connectivity index (χ1n) is 7.33. The van der Waals surface area contributed by atoms with Crippen molar-refractivity contribution >= 4 is 17.9 Å². The minimum Gasteiger partial charge on any atom is -0.465 e. The Bertz CT molecular complexity index is 465. The van der Waals surface area contributed by atoms with Crippen LogP contribution < -0.4 is 5.73 Å². The molecule has 0 aromatic carbocycles. The average Bonchev–Trinajstić information content (AvgIpc) is 2.97. The Kier molecular flexibility index (Phi) is 4.11. The van der Waals surface area contributed by atoms with Gasteiger partial charge >= 0.3 is 6.09 Å². The number of nitrogens with zero attached hydrogens (tertiary/aromatic N) is 2. The first-order chi connectivity index (χ1) is 9.75. The molecule has 3 amide bonds. The molecule has 2 unspecified atom stereocenters. The standard InChI is InChI=1S/C14H23N3O4/c1-7(2)10(16(3)14(20)21)13(19)17-9-5-4-8(6-9)11(17)12(15)18/h7-11H,4-6H2,1-3H3,(H2,15,18)(H,20,21)/t8?,9?,10-,11-/m0/s1. The molecule has 1 aliphatic carbocycles. The molecule has 2 aliphatic rings. The maximum absolute atomic E-state index is 12.9. The number of nitrogens with two attached hydrogens (primary N) is 1. The van der Waals surface area contributed by atoms with E-state index in [0.29, 0.717) is 0 Å². The molecule has 118 valence electrons. The smallest absolute Gasteiger partial charge is 0.407 e. The minimum atomic E-state index is -1.15. The maximum Gasteiger partial charge on any atom is 0.407 e. The van der Waals surface area contributed by atoms with E-state index in [-0.39, 0.29) is 23.8 Å². The number of hydrogen-bond donors (Lipinski definition) is 2. The lowest BCUT2D eigenvalue weighted by molar-refractivity contribution is -0.146. The molecule has 2 fully saturated rings. The molecule has 1 heterocycles. The Labute approximate surface area is 124 Å². The summed E-state index contributed by atoms with van der Waals surface area (Å²) in [5.41, 5.74) is 5.46. The van der Waals surface area contributed by atoms with Crippen molar-refractivity contribution in [1.82, 2.24) is 9.80 Å². The quantitative estimate of drug-likeness (QED) is 0.787. The summed E-state index contributed by atoms with van der Waals surface area (Å²) in [4.78, 5) is 38.3. The van der Waals surface area contributed by atoms with Crippen LogP contribution in [0.3, 0.4) is 0 Å². The molecule has 1 saturated heterocycles. The number of primary amides is 1. The van der Waals surface area contributed by atoms with Gasteiger partial charge in [0.1, 0.15) is 12.1 Å². The SMILES string of the molecule is CC(C)[C@@H](C(=O)N1C2CCC(C2)[C@H]1C(N)=O)N(C)C(=O)O. The van der Waals surface area contributed by atoms with Crippen LogP contribution in [0, 0.1) is 11.8 Å². The van der Waals surface area contributed by atoms with E-state index in [9.17, 15) is 14.4 Å². The summed E-state index contributed by atoms with van der Waals surface area (Å²) in [6, 6.07) is -1.35. The van der Waals surface area contributed by atoms with Gasteiger partial charge < -0.3 is 15.7 Å². The van der Waals surface area contributed by atoms with E-state index in [4.69, 9.17) is 10.8 Å². The number of piperidine rings is 1. The highest BCUT2D eigenvalue weighted by Crippen LogP contribution is 2.43. The molecule has 2 rings (SSSR count). The van der Waals surface area contributed by atoms with Crippen molar-refractivity contribution in [3.8, 4) is 0 Å². The van der Waals surface area contributed by atoms with Crippen molar-refractivity contribution in [3.05, 3.63) is 0 Å². The van der Waals surface area contributed by atoms with E-state index in [2.05, 4.69) is 0 Å². The zero-order valence-electron chi connectivity index (χ0n) is 12.7. The van der Waals surface area contributed by atoms with Crippen LogP contribution in [-0.2, 0) is 9.59 Å². The first-order valence-corrected chi connectivity index (χ1v) is 7.33. The maximum atomic E-state index is 12.9. The Morgan fingerprint density at radius 3 is 2.38 bits per heavy atom. The van der Waals surface area contributed by atoms with Crippen LogP contribution >= 0.6 is 0 Å². The molecule has 0 radical (unpaired) electrons. The highest BCUT2D eigenvalue weighted by Gasteiger charge is 2.52. The van der Waals surface area contributed by atoms with Gasteiger partial charge in [0.2, 0.25) is 11.8 Å². The normalized spacial score (nSPS) is 28.8. The molecule has 2 bridgehead atoms. The van der Waals surface area contributed by atoms with Gasteiger partial charge in [0.05, 0.1) is 0 Å². The van der Waals surface area contributed by atoms with Crippen LogP contribution in [-0.4, -0.2) is 58.0 Å². The summed E-state index contributed by atoms with van der Waals surface area (Å²) in [6.07, 6.45) is 1.41. The molecule has 0 spiro atoms. The number of hydrogen-bond acceptors (Lipinski definition) is 3. The highest BCUT2D eigenvalue weighted by atomic mass is 16.4. The molecule has 1 aliphatic heterocycles. The second-order valence-electron chi connectivity index (χ2n) is 6.40. The van der Waals surface area contributed by atoms with E-state index in [1.807, 2.05) is 0 Å². The van der Waals surface area contributed by atoms with Gasteiger partial charge in [-0.05, 0) is 31.1 Å². The van der Waals surface area contributed by atoms with Crippen molar-refractivity contribution in [3.63, 3.8) is 0 Å². The van der Waals surface area contributed by atoms with Gasteiger partial charge in [-0.15, -0.1) is 0 Å². The summed E-state index contributed by atoms with van der Waals surface area (Å²) < 4.78 is 0. The van der Waals surface area contributed by atoms with Crippen molar-refractivity contribution in [2.24, 2.45) is 17.6 Å². The summed E-state index contributed by atoms with van der Waals surface area (Å²) >= 11 is 0. The molecule has 1 saturated carbocycles. The van der Waals surface area contributed by atoms with Gasteiger partial charge in [0.25, 0.3) is 0 Å². The number of carbonyl (C=O) groups excluding carboxylic acids is 2. The van der Waals surface area contributed by atoms with Crippen LogP contribution in [0.2, 0.25) is 0 Å². The molecule has 4 atom stereocenters. The predicted molar refractivity (Wildman–Crippen MR) is 75.4 cm³/mol. The molecule has 7 heteroatoms. The lowest BCUT2D eigenvalue weighted by Crippen LogP contribution is -2.58. The molecule has 21 heavy (non-hydrogen) atoms.